The molecule has 2 heteroatoms. The average molecular weight is 611 g/mol. The van der Waals surface area contributed by atoms with Crippen molar-refractivity contribution in [1.29, 1.82) is 0 Å². The fraction of sp³-hybridized carbons (Fsp3) is 0. The van der Waals surface area contributed by atoms with Crippen LogP contribution in [0.1, 0.15) is 0 Å². The topological polar surface area (TPSA) is 9.86 Å². The van der Waals surface area contributed by atoms with Crippen LogP contribution in [0, 0.1) is 0 Å². The summed E-state index contributed by atoms with van der Waals surface area (Å²) >= 11 is 0. The van der Waals surface area contributed by atoms with E-state index in [0.717, 1.165) is 5.69 Å². The van der Waals surface area contributed by atoms with E-state index in [4.69, 9.17) is 0 Å². The molecule has 0 fully saturated rings. The first kappa shape index (κ1) is 26.8. The van der Waals surface area contributed by atoms with E-state index in [1.54, 1.807) is 0 Å². The van der Waals surface area contributed by atoms with Crippen molar-refractivity contribution in [2.45, 2.75) is 0 Å². The lowest BCUT2D eigenvalue weighted by Gasteiger charge is -2.10. The van der Waals surface area contributed by atoms with Crippen LogP contribution in [0.3, 0.4) is 0 Å². The fourth-order valence-electron chi connectivity index (χ4n) is 7.71. The highest BCUT2D eigenvalue weighted by Crippen LogP contribution is 2.40. The monoisotopic (exact) mass is 610 g/mol. The highest BCUT2D eigenvalue weighted by atomic mass is 15.0. The lowest BCUT2D eigenvalue weighted by Crippen LogP contribution is -1.93. The molecule has 10 aromatic rings. The van der Waals surface area contributed by atoms with Crippen LogP contribution in [0.15, 0.2) is 182 Å². The lowest BCUT2D eigenvalue weighted by molar-refractivity contribution is 1.18. The van der Waals surface area contributed by atoms with Crippen molar-refractivity contribution < 1.29 is 0 Å². The summed E-state index contributed by atoms with van der Waals surface area (Å²) in [4.78, 5) is 0. The van der Waals surface area contributed by atoms with Gasteiger partial charge in [0.1, 0.15) is 0 Å². The number of para-hydroxylation sites is 3. The summed E-state index contributed by atoms with van der Waals surface area (Å²) in [5.41, 5.74) is 12.1. The minimum Gasteiger partial charge on any atom is -0.309 e. The Hall–Kier alpha value is -6.38. The van der Waals surface area contributed by atoms with Gasteiger partial charge < -0.3 is 9.13 Å². The molecule has 0 bridgehead atoms. The SMILES string of the molecule is c1ccc(-n2c3ccc(-c4ccc5c6ccccc6n(-c6ccccc6)c5c4)cc3c3cc(-c4cccc5ccccc45)ccc32)cc1. The molecule has 10 rings (SSSR count). The Balaban J connectivity index is 1.22. The molecule has 0 aliphatic heterocycles. The second-order valence-electron chi connectivity index (χ2n) is 12.6. The van der Waals surface area contributed by atoms with Crippen LogP contribution in [0.25, 0.3) is 88.0 Å². The summed E-state index contributed by atoms with van der Waals surface area (Å²) in [6.07, 6.45) is 0. The molecule has 0 aliphatic rings. The predicted molar refractivity (Wildman–Crippen MR) is 203 cm³/mol. The zero-order valence-corrected chi connectivity index (χ0v) is 26.2. The van der Waals surface area contributed by atoms with E-state index in [9.17, 15) is 0 Å². The molecule has 0 N–H and O–H groups in total. The third-order valence-corrected chi connectivity index (χ3v) is 9.90. The molecule has 0 saturated carbocycles. The van der Waals surface area contributed by atoms with Crippen molar-refractivity contribution in [2.24, 2.45) is 0 Å². The average Bonchev–Trinajstić information content (AvgIpc) is 3.67. The van der Waals surface area contributed by atoms with Crippen LogP contribution in [0.5, 0.6) is 0 Å². The van der Waals surface area contributed by atoms with Crippen LogP contribution in [0.4, 0.5) is 0 Å². The van der Waals surface area contributed by atoms with Crippen LogP contribution >= 0.6 is 0 Å². The van der Waals surface area contributed by atoms with E-state index in [-0.39, 0.29) is 0 Å². The Morgan fingerprint density at radius 1 is 0.271 bits per heavy atom. The predicted octanol–water partition coefficient (Wildman–Crippen LogP) is 12.4. The maximum Gasteiger partial charge on any atom is 0.0547 e. The summed E-state index contributed by atoms with van der Waals surface area (Å²) < 4.78 is 4.79. The molecule has 0 radical (unpaired) electrons. The van der Waals surface area contributed by atoms with Gasteiger partial charge >= 0.3 is 0 Å². The largest absolute Gasteiger partial charge is 0.309 e. The van der Waals surface area contributed by atoms with Gasteiger partial charge in [-0.05, 0) is 93.7 Å². The summed E-state index contributed by atoms with van der Waals surface area (Å²) in [5, 5.41) is 7.56. The van der Waals surface area contributed by atoms with Gasteiger partial charge in [-0.25, -0.2) is 0 Å². The van der Waals surface area contributed by atoms with Gasteiger partial charge in [-0.3, -0.25) is 0 Å². The molecule has 0 spiro atoms. The van der Waals surface area contributed by atoms with Gasteiger partial charge in [-0.15, -0.1) is 0 Å². The van der Waals surface area contributed by atoms with Gasteiger partial charge in [0.25, 0.3) is 0 Å². The van der Waals surface area contributed by atoms with E-state index < -0.39 is 0 Å². The maximum atomic E-state index is 2.40. The standard InChI is InChI=1S/C46H30N2/c1-3-14-35(15-4-1)47-44-26-23-32(28-41(44)42-29-34(24-27-45(42)47)38-20-11-13-31-12-7-8-18-37(31)38)33-22-25-40-39-19-9-10-21-43(39)48(46(40)30-33)36-16-5-2-6-17-36/h1-30H. The Bertz CT molecular complexity index is 2810. The van der Waals surface area contributed by atoms with Crippen molar-refractivity contribution in [3.05, 3.63) is 182 Å². The van der Waals surface area contributed by atoms with E-state index in [1.807, 2.05) is 0 Å². The third kappa shape index (κ3) is 4.06. The number of fused-ring (bicyclic) bond motifs is 7. The first-order valence-corrected chi connectivity index (χ1v) is 16.5. The first-order valence-electron chi connectivity index (χ1n) is 16.5. The van der Waals surface area contributed by atoms with Crippen LogP contribution in [-0.2, 0) is 0 Å². The molecule has 0 saturated heterocycles. The zero-order chi connectivity index (χ0) is 31.6. The number of hydrogen-bond donors (Lipinski definition) is 0. The Morgan fingerprint density at radius 2 is 0.771 bits per heavy atom. The van der Waals surface area contributed by atoms with Gasteiger partial charge in [-0.1, -0.05) is 121 Å². The Kier molecular flexibility index (Phi) is 5.91. The zero-order valence-electron chi connectivity index (χ0n) is 26.2. The van der Waals surface area contributed by atoms with Gasteiger partial charge in [0, 0.05) is 32.9 Å². The minimum absolute atomic E-state index is 1.16. The molecule has 48 heavy (non-hydrogen) atoms. The molecule has 2 heterocycles. The second kappa shape index (κ2) is 10.6. The summed E-state index contributed by atoms with van der Waals surface area (Å²) in [6, 6.07) is 66.2. The van der Waals surface area contributed by atoms with E-state index in [0.29, 0.717) is 0 Å². The van der Waals surface area contributed by atoms with Gasteiger partial charge in [0.15, 0.2) is 0 Å². The highest BCUT2D eigenvalue weighted by Gasteiger charge is 2.17. The number of nitrogens with zero attached hydrogens (tertiary/aromatic N) is 2. The molecule has 8 aromatic carbocycles. The van der Waals surface area contributed by atoms with Crippen molar-refractivity contribution in [1.82, 2.24) is 9.13 Å². The lowest BCUT2D eigenvalue weighted by atomic mass is 9.96. The first-order chi connectivity index (χ1) is 23.8. The van der Waals surface area contributed by atoms with Crippen molar-refractivity contribution in [3.8, 4) is 33.6 Å². The second-order valence-corrected chi connectivity index (χ2v) is 12.6. The minimum atomic E-state index is 1.16. The van der Waals surface area contributed by atoms with Gasteiger partial charge in [0.05, 0.1) is 22.1 Å². The van der Waals surface area contributed by atoms with Crippen molar-refractivity contribution in [2.75, 3.05) is 0 Å². The molecule has 224 valence electrons. The fourth-order valence-corrected chi connectivity index (χ4v) is 7.71. The maximum absolute atomic E-state index is 2.40. The number of hydrogen-bond acceptors (Lipinski definition) is 0. The van der Waals surface area contributed by atoms with Gasteiger partial charge in [-0.2, -0.15) is 0 Å². The molecule has 0 unspecified atom stereocenters. The molecule has 0 aliphatic carbocycles. The summed E-state index contributed by atoms with van der Waals surface area (Å²) in [6.45, 7) is 0. The highest BCUT2D eigenvalue weighted by molar-refractivity contribution is 6.13. The molecule has 0 amide bonds. The van der Waals surface area contributed by atoms with E-state index in [2.05, 4.69) is 191 Å². The smallest absolute Gasteiger partial charge is 0.0547 e. The molecular weight excluding hydrogens is 581 g/mol. The van der Waals surface area contributed by atoms with Crippen molar-refractivity contribution >= 4 is 54.4 Å². The number of benzene rings is 8. The number of rotatable bonds is 4. The van der Waals surface area contributed by atoms with E-state index >= 15 is 0 Å². The quantitative estimate of drug-likeness (QED) is 0.188. The number of aromatic nitrogens is 2. The van der Waals surface area contributed by atoms with E-state index in [1.165, 1.54) is 82.3 Å². The Morgan fingerprint density at radius 3 is 1.52 bits per heavy atom. The van der Waals surface area contributed by atoms with Crippen molar-refractivity contribution in [3.63, 3.8) is 0 Å². The van der Waals surface area contributed by atoms with Gasteiger partial charge in [0.2, 0.25) is 0 Å². The summed E-state index contributed by atoms with van der Waals surface area (Å²) in [5.74, 6) is 0. The Labute approximate surface area is 278 Å². The van der Waals surface area contributed by atoms with Crippen LogP contribution < -0.4 is 0 Å². The normalized spacial score (nSPS) is 11.8. The molecule has 2 aromatic heterocycles. The molecule has 0 atom stereocenters. The molecule has 2 nitrogen and oxygen atoms in total. The summed E-state index contributed by atoms with van der Waals surface area (Å²) in [7, 11) is 0. The third-order valence-electron chi connectivity index (χ3n) is 9.90. The van der Waals surface area contributed by atoms with Crippen LogP contribution in [-0.4, -0.2) is 9.13 Å². The van der Waals surface area contributed by atoms with Crippen LogP contribution in [0.2, 0.25) is 0 Å². The molecular formula is C46H30N2.